The first kappa shape index (κ1) is 18.0. The van der Waals surface area contributed by atoms with Gasteiger partial charge in [-0.3, -0.25) is 4.79 Å². The van der Waals surface area contributed by atoms with Gasteiger partial charge in [0.2, 0.25) is 5.91 Å². The number of carbonyl (C=O) groups is 1. The van der Waals surface area contributed by atoms with Crippen LogP contribution in [0.4, 0.5) is 0 Å². The van der Waals surface area contributed by atoms with E-state index in [0.717, 1.165) is 49.0 Å². The molecule has 2 saturated carbocycles. The topological polar surface area (TPSA) is 23.6 Å². The second kappa shape index (κ2) is 6.22. The van der Waals surface area contributed by atoms with Gasteiger partial charge < -0.3 is 9.80 Å². The number of likely N-dealkylation sites (tertiary alicyclic amines) is 2. The van der Waals surface area contributed by atoms with Gasteiger partial charge in [0, 0.05) is 19.5 Å². The Hall–Kier alpha value is -1.61. The first-order chi connectivity index (χ1) is 14.7. The van der Waals surface area contributed by atoms with Crippen LogP contribution in [-0.2, 0) is 10.2 Å². The molecule has 30 heavy (non-hydrogen) atoms. The van der Waals surface area contributed by atoms with E-state index in [1.165, 1.54) is 57.3 Å². The van der Waals surface area contributed by atoms with Crippen LogP contribution in [0.5, 0.6) is 0 Å². The molecule has 4 fully saturated rings. The average molecular weight is 403 g/mol. The minimum atomic E-state index is 0.326. The second-order valence-corrected chi connectivity index (χ2v) is 11.3. The minimum absolute atomic E-state index is 0.326. The van der Waals surface area contributed by atoms with Crippen molar-refractivity contribution < 1.29 is 4.79 Å². The predicted molar refractivity (Wildman–Crippen MR) is 118 cm³/mol. The van der Waals surface area contributed by atoms with Crippen LogP contribution < -0.4 is 0 Å². The third kappa shape index (κ3) is 2.39. The number of rotatable bonds is 3. The van der Waals surface area contributed by atoms with Crippen molar-refractivity contribution in [3.8, 4) is 0 Å². The van der Waals surface area contributed by atoms with Crippen LogP contribution in [0.25, 0.3) is 0 Å². The van der Waals surface area contributed by atoms with Crippen molar-refractivity contribution in [1.82, 2.24) is 9.80 Å². The van der Waals surface area contributed by atoms with Crippen molar-refractivity contribution >= 4 is 5.91 Å². The zero-order chi connectivity index (χ0) is 19.9. The van der Waals surface area contributed by atoms with E-state index in [1.807, 2.05) is 0 Å². The molecule has 0 aromatic heterocycles. The molecular weight excluding hydrogens is 368 g/mol. The Morgan fingerprint density at radius 3 is 2.63 bits per heavy atom. The number of amides is 1. The van der Waals surface area contributed by atoms with Gasteiger partial charge in [-0.05, 0) is 97.7 Å². The van der Waals surface area contributed by atoms with Crippen LogP contribution >= 0.6 is 0 Å². The summed E-state index contributed by atoms with van der Waals surface area (Å²) >= 11 is 0. The number of hydrogen-bond donors (Lipinski definition) is 0. The van der Waals surface area contributed by atoms with E-state index in [9.17, 15) is 4.79 Å². The number of allylic oxidation sites excluding steroid dienone is 2. The van der Waals surface area contributed by atoms with Gasteiger partial charge in [0.1, 0.15) is 0 Å². The summed E-state index contributed by atoms with van der Waals surface area (Å²) in [5.41, 5.74) is 4.14. The Balaban J connectivity index is 1.07. The van der Waals surface area contributed by atoms with Gasteiger partial charge in [0.25, 0.3) is 0 Å². The summed E-state index contributed by atoms with van der Waals surface area (Å²) in [5, 5.41) is 0. The van der Waals surface area contributed by atoms with E-state index in [2.05, 4.69) is 46.2 Å². The second-order valence-electron chi connectivity index (χ2n) is 11.3. The lowest BCUT2D eigenvalue weighted by atomic mass is 9.61. The molecule has 2 heterocycles. The third-order valence-corrected chi connectivity index (χ3v) is 10.1. The first-order valence-corrected chi connectivity index (χ1v) is 12.5. The molecule has 1 amide bonds. The van der Waals surface area contributed by atoms with Gasteiger partial charge in [0.05, 0.1) is 6.04 Å². The summed E-state index contributed by atoms with van der Waals surface area (Å²) in [5.74, 6) is 3.16. The lowest BCUT2D eigenvalue weighted by Crippen LogP contribution is -2.50. The van der Waals surface area contributed by atoms with Crippen molar-refractivity contribution in [2.75, 3.05) is 26.2 Å². The molecule has 6 aliphatic rings. The molecule has 0 radical (unpaired) electrons. The average Bonchev–Trinajstić information content (AvgIpc) is 3.22. The van der Waals surface area contributed by atoms with E-state index in [4.69, 9.17) is 0 Å². The highest BCUT2D eigenvalue weighted by Crippen LogP contribution is 2.75. The fourth-order valence-electron chi connectivity index (χ4n) is 8.38. The summed E-state index contributed by atoms with van der Waals surface area (Å²) in [7, 11) is 0. The fraction of sp³-hybridized carbons (Fsp3) is 0.667. The molecule has 3 nitrogen and oxygen atoms in total. The molecule has 0 bridgehead atoms. The van der Waals surface area contributed by atoms with E-state index in [-0.39, 0.29) is 0 Å². The molecule has 2 aliphatic heterocycles. The lowest BCUT2D eigenvalue weighted by Gasteiger charge is -2.51. The lowest BCUT2D eigenvalue weighted by molar-refractivity contribution is -0.130. The number of piperidine rings is 1. The van der Waals surface area contributed by atoms with Gasteiger partial charge in [0.15, 0.2) is 0 Å². The number of hydrogen-bond acceptors (Lipinski definition) is 2. The SMILES string of the molecule is O=C1CCCN1[C@H]1CCC2(CCN(C[C@@H]3CC45C[C@@H]4C=C[C@H]35)CC2)c2ccccc21. The Morgan fingerprint density at radius 2 is 1.87 bits per heavy atom. The van der Waals surface area contributed by atoms with E-state index in [1.54, 1.807) is 5.56 Å². The molecule has 3 heteroatoms. The Labute approximate surface area is 180 Å². The number of nitrogens with zero attached hydrogens (tertiary/aromatic N) is 2. The zero-order valence-corrected chi connectivity index (χ0v) is 18.1. The molecular formula is C27H34N2O. The highest BCUT2D eigenvalue weighted by molar-refractivity contribution is 5.78. The highest BCUT2D eigenvalue weighted by atomic mass is 16.2. The summed E-state index contributed by atoms with van der Waals surface area (Å²) in [6.45, 7) is 4.79. The molecule has 1 aromatic carbocycles. The first-order valence-electron chi connectivity index (χ1n) is 12.5. The van der Waals surface area contributed by atoms with Gasteiger partial charge in [-0.1, -0.05) is 36.4 Å². The summed E-state index contributed by atoms with van der Waals surface area (Å²) in [6.07, 6.45) is 14.9. The highest BCUT2D eigenvalue weighted by Gasteiger charge is 2.68. The Kier molecular flexibility index (Phi) is 3.73. The van der Waals surface area contributed by atoms with Crippen LogP contribution in [-0.4, -0.2) is 41.9 Å². The van der Waals surface area contributed by atoms with Crippen molar-refractivity contribution in [2.45, 2.75) is 62.8 Å². The van der Waals surface area contributed by atoms with Crippen LogP contribution in [0.3, 0.4) is 0 Å². The van der Waals surface area contributed by atoms with Crippen molar-refractivity contribution in [3.05, 3.63) is 47.5 Å². The molecule has 7 rings (SSSR count). The Bertz CT molecular complexity index is 913. The van der Waals surface area contributed by atoms with Crippen molar-refractivity contribution in [2.24, 2.45) is 23.2 Å². The van der Waals surface area contributed by atoms with Gasteiger partial charge in [-0.25, -0.2) is 0 Å². The quantitative estimate of drug-likeness (QED) is 0.685. The van der Waals surface area contributed by atoms with E-state index >= 15 is 0 Å². The molecule has 4 aliphatic carbocycles. The zero-order valence-electron chi connectivity index (χ0n) is 18.1. The number of fused-ring (bicyclic) bond motifs is 2. The molecule has 5 atom stereocenters. The Morgan fingerprint density at radius 1 is 1.00 bits per heavy atom. The van der Waals surface area contributed by atoms with Crippen molar-refractivity contribution in [1.29, 1.82) is 0 Å². The van der Waals surface area contributed by atoms with Crippen molar-refractivity contribution in [3.63, 3.8) is 0 Å². The number of carbonyl (C=O) groups excluding carboxylic acids is 1. The van der Waals surface area contributed by atoms with E-state index < -0.39 is 0 Å². The molecule has 2 spiro atoms. The van der Waals surface area contributed by atoms with E-state index in [0.29, 0.717) is 17.4 Å². The van der Waals surface area contributed by atoms with Gasteiger partial charge >= 0.3 is 0 Å². The monoisotopic (exact) mass is 402 g/mol. The summed E-state index contributed by atoms with van der Waals surface area (Å²) < 4.78 is 0. The standard InChI is InChI=1S/C27H34N2O/c30-25-6-3-13-29(25)24-9-10-26(23-5-2-1-4-21(23)24)11-14-28(15-12-26)18-19-16-27-17-20(27)7-8-22(19)27/h1-2,4-5,7-8,19-20,22,24H,3,6,9-18H2/t19-,20-,22+,24-,27?/m0/s1. The fourth-order valence-corrected chi connectivity index (χ4v) is 8.38. The third-order valence-electron chi connectivity index (χ3n) is 10.1. The number of benzene rings is 1. The summed E-state index contributed by atoms with van der Waals surface area (Å²) in [6, 6.07) is 9.46. The largest absolute Gasteiger partial charge is 0.336 e. The van der Waals surface area contributed by atoms with Gasteiger partial charge in [-0.2, -0.15) is 0 Å². The van der Waals surface area contributed by atoms with Gasteiger partial charge in [-0.15, -0.1) is 0 Å². The maximum Gasteiger partial charge on any atom is 0.223 e. The predicted octanol–water partition coefficient (Wildman–Crippen LogP) is 4.69. The van der Waals surface area contributed by atoms with Crippen LogP contribution in [0, 0.1) is 23.2 Å². The molecule has 0 N–H and O–H groups in total. The maximum absolute atomic E-state index is 12.4. The molecule has 2 saturated heterocycles. The molecule has 1 unspecified atom stereocenters. The van der Waals surface area contributed by atoms with Crippen LogP contribution in [0.2, 0.25) is 0 Å². The van der Waals surface area contributed by atoms with Crippen LogP contribution in [0.1, 0.15) is 68.5 Å². The molecule has 158 valence electrons. The maximum atomic E-state index is 12.4. The molecule has 1 aromatic rings. The smallest absolute Gasteiger partial charge is 0.223 e. The minimum Gasteiger partial charge on any atom is -0.336 e. The van der Waals surface area contributed by atoms with Crippen LogP contribution in [0.15, 0.2) is 36.4 Å². The summed E-state index contributed by atoms with van der Waals surface area (Å²) in [4.78, 5) is 17.4. The normalized spacial score (nSPS) is 40.8.